The lowest BCUT2D eigenvalue weighted by Gasteiger charge is -2.14. The van der Waals surface area contributed by atoms with E-state index in [1.807, 2.05) is 32.0 Å². The Morgan fingerprint density at radius 1 is 0.963 bits per heavy atom. The van der Waals surface area contributed by atoms with E-state index in [1.165, 1.54) is 0 Å². The van der Waals surface area contributed by atoms with Crippen molar-refractivity contribution >= 4 is 23.9 Å². The number of carbonyl (C=O) groups excluding carboxylic acids is 3. The first-order valence-electron chi connectivity index (χ1n) is 8.82. The molecule has 0 saturated heterocycles. The Morgan fingerprint density at radius 3 is 2.26 bits per heavy atom. The maximum Gasteiger partial charge on any atom is 0.344 e. The molecule has 0 aliphatic carbocycles. The van der Waals surface area contributed by atoms with Crippen LogP contribution in [0.5, 0.6) is 5.75 Å². The lowest BCUT2D eigenvalue weighted by atomic mass is 10.0. The van der Waals surface area contributed by atoms with Crippen molar-refractivity contribution in [2.24, 2.45) is 0 Å². The van der Waals surface area contributed by atoms with Crippen molar-refractivity contribution in [3.05, 3.63) is 59.2 Å². The average molecular weight is 369 g/mol. The number of nitrogens with one attached hydrogen (secondary N) is 1. The molecule has 0 saturated carbocycles. The monoisotopic (exact) mass is 369 g/mol. The predicted octanol–water partition coefficient (Wildman–Crippen LogP) is 3.18. The summed E-state index contributed by atoms with van der Waals surface area (Å²) in [5.74, 6) is -0.809. The minimum atomic E-state index is -0.689. The van der Waals surface area contributed by atoms with Crippen molar-refractivity contribution in [1.29, 1.82) is 0 Å². The van der Waals surface area contributed by atoms with Crippen molar-refractivity contribution < 1.29 is 23.9 Å². The number of esters is 1. The van der Waals surface area contributed by atoms with Gasteiger partial charge in [-0.25, -0.2) is 4.79 Å². The molecule has 0 aliphatic rings. The number of anilines is 1. The molecule has 6 heteroatoms. The molecule has 142 valence electrons. The molecule has 2 rings (SSSR count). The first kappa shape index (κ1) is 20.2. The highest BCUT2D eigenvalue weighted by Crippen LogP contribution is 2.22. The fourth-order valence-electron chi connectivity index (χ4n) is 2.61. The largest absolute Gasteiger partial charge is 0.481 e. The van der Waals surface area contributed by atoms with Gasteiger partial charge in [0, 0.05) is 5.69 Å². The Labute approximate surface area is 158 Å². The minimum Gasteiger partial charge on any atom is -0.481 e. The summed E-state index contributed by atoms with van der Waals surface area (Å²) in [6.07, 6.45) is 2.21. The molecular weight excluding hydrogens is 346 g/mol. The van der Waals surface area contributed by atoms with Gasteiger partial charge in [-0.3, -0.25) is 9.59 Å². The van der Waals surface area contributed by atoms with Gasteiger partial charge < -0.3 is 14.8 Å². The second-order valence-corrected chi connectivity index (χ2v) is 5.81. The van der Waals surface area contributed by atoms with E-state index in [1.54, 1.807) is 24.3 Å². The third-order valence-corrected chi connectivity index (χ3v) is 4.02. The lowest BCUT2D eigenvalue weighted by Crippen LogP contribution is -2.24. The first-order valence-corrected chi connectivity index (χ1v) is 8.82. The number of hydrogen-bond acceptors (Lipinski definition) is 5. The Morgan fingerprint density at radius 2 is 1.63 bits per heavy atom. The summed E-state index contributed by atoms with van der Waals surface area (Å²) in [5.41, 5.74) is 3.18. The SMILES string of the molecule is CCc1cccc(CC)c1NC(=O)COC(=O)COc1ccccc1C=O. The average Bonchev–Trinajstić information content (AvgIpc) is 2.70. The molecule has 0 aliphatic heterocycles. The van der Waals surface area contributed by atoms with E-state index in [-0.39, 0.29) is 6.61 Å². The lowest BCUT2D eigenvalue weighted by molar-refractivity contribution is -0.149. The van der Waals surface area contributed by atoms with Crippen LogP contribution in [0.3, 0.4) is 0 Å². The highest BCUT2D eigenvalue weighted by molar-refractivity contribution is 5.94. The van der Waals surface area contributed by atoms with Crippen molar-refractivity contribution in [3.63, 3.8) is 0 Å². The number of aryl methyl sites for hydroxylation is 2. The maximum atomic E-state index is 12.2. The van der Waals surface area contributed by atoms with Crippen LogP contribution in [0.1, 0.15) is 35.3 Å². The van der Waals surface area contributed by atoms with Crippen LogP contribution in [0.4, 0.5) is 5.69 Å². The first-order chi connectivity index (χ1) is 13.1. The van der Waals surface area contributed by atoms with Gasteiger partial charge in [0.15, 0.2) is 19.5 Å². The van der Waals surface area contributed by atoms with Crippen LogP contribution in [0.25, 0.3) is 0 Å². The number of benzene rings is 2. The van der Waals surface area contributed by atoms with Gasteiger partial charge in [-0.2, -0.15) is 0 Å². The number of amides is 1. The van der Waals surface area contributed by atoms with Crippen LogP contribution >= 0.6 is 0 Å². The zero-order valence-electron chi connectivity index (χ0n) is 15.5. The second kappa shape index (κ2) is 10.1. The molecular formula is C21H23NO5. The third-order valence-electron chi connectivity index (χ3n) is 4.02. The number of carbonyl (C=O) groups is 3. The van der Waals surface area contributed by atoms with Crippen molar-refractivity contribution in [2.45, 2.75) is 26.7 Å². The zero-order chi connectivity index (χ0) is 19.6. The van der Waals surface area contributed by atoms with Crippen molar-refractivity contribution in [1.82, 2.24) is 0 Å². The molecule has 0 radical (unpaired) electrons. The van der Waals surface area contributed by atoms with E-state index in [0.717, 1.165) is 29.7 Å². The molecule has 0 spiro atoms. The molecule has 2 aromatic rings. The van der Waals surface area contributed by atoms with Crippen LogP contribution in [0, 0.1) is 0 Å². The van der Waals surface area contributed by atoms with E-state index in [0.29, 0.717) is 17.6 Å². The van der Waals surface area contributed by atoms with E-state index in [9.17, 15) is 14.4 Å². The number of ether oxygens (including phenoxy) is 2. The summed E-state index contributed by atoms with van der Waals surface area (Å²) in [7, 11) is 0. The molecule has 1 N–H and O–H groups in total. The molecule has 6 nitrogen and oxygen atoms in total. The zero-order valence-corrected chi connectivity index (χ0v) is 15.5. The summed E-state index contributed by atoms with van der Waals surface area (Å²) in [5, 5.41) is 2.83. The fraction of sp³-hybridized carbons (Fsp3) is 0.286. The number of hydrogen-bond donors (Lipinski definition) is 1. The molecule has 0 fully saturated rings. The van der Waals surface area contributed by atoms with Crippen molar-refractivity contribution in [3.8, 4) is 5.75 Å². The minimum absolute atomic E-state index is 0.290. The van der Waals surface area contributed by atoms with Crippen LogP contribution in [-0.2, 0) is 27.2 Å². The van der Waals surface area contributed by atoms with Crippen LogP contribution < -0.4 is 10.1 Å². The van der Waals surface area contributed by atoms with Gasteiger partial charge in [-0.1, -0.05) is 44.2 Å². The summed E-state index contributed by atoms with van der Waals surface area (Å²) in [6, 6.07) is 12.4. The van der Waals surface area contributed by atoms with Gasteiger partial charge in [-0.05, 0) is 36.1 Å². The van der Waals surface area contributed by atoms with Gasteiger partial charge in [0.25, 0.3) is 5.91 Å². The molecule has 27 heavy (non-hydrogen) atoms. The molecule has 2 aromatic carbocycles. The Bertz CT molecular complexity index is 794. The molecule has 1 amide bonds. The molecule has 0 unspecified atom stereocenters. The quantitative estimate of drug-likeness (QED) is 0.542. The van der Waals surface area contributed by atoms with Gasteiger partial charge in [0.05, 0.1) is 5.56 Å². The number of aldehydes is 1. The second-order valence-electron chi connectivity index (χ2n) is 5.81. The predicted molar refractivity (Wildman–Crippen MR) is 102 cm³/mol. The van der Waals surface area contributed by atoms with Crippen LogP contribution in [-0.4, -0.2) is 31.4 Å². The number of rotatable bonds is 9. The van der Waals surface area contributed by atoms with Crippen LogP contribution in [0.2, 0.25) is 0 Å². The highest BCUT2D eigenvalue weighted by Gasteiger charge is 2.13. The summed E-state index contributed by atoms with van der Waals surface area (Å²) < 4.78 is 10.2. The van der Waals surface area contributed by atoms with Gasteiger partial charge >= 0.3 is 5.97 Å². The van der Waals surface area contributed by atoms with Gasteiger partial charge in [0.1, 0.15) is 5.75 Å². The smallest absolute Gasteiger partial charge is 0.344 e. The summed E-state index contributed by atoms with van der Waals surface area (Å²) in [4.78, 5) is 34.9. The normalized spacial score (nSPS) is 10.1. The van der Waals surface area contributed by atoms with Gasteiger partial charge in [-0.15, -0.1) is 0 Å². The fourth-order valence-corrected chi connectivity index (χ4v) is 2.61. The summed E-state index contributed by atoms with van der Waals surface area (Å²) >= 11 is 0. The Hall–Kier alpha value is -3.15. The van der Waals surface area contributed by atoms with Crippen LogP contribution in [0.15, 0.2) is 42.5 Å². The van der Waals surface area contributed by atoms with Gasteiger partial charge in [0.2, 0.25) is 0 Å². The van der Waals surface area contributed by atoms with E-state index in [4.69, 9.17) is 9.47 Å². The van der Waals surface area contributed by atoms with Crippen molar-refractivity contribution in [2.75, 3.05) is 18.5 Å². The molecule has 0 atom stereocenters. The van der Waals surface area contributed by atoms with E-state index >= 15 is 0 Å². The topological polar surface area (TPSA) is 81.7 Å². The number of para-hydroxylation sites is 2. The van der Waals surface area contributed by atoms with E-state index in [2.05, 4.69) is 5.32 Å². The molecule has 0 bridgehead atoms. The molecule has 0 heterocycles. The summed E-state index contributed by atoms with van der Waals surface area (Å²) in [6.45, 7) is 3.24. The van der Waals surface area contributed by atoms with E-state index < -0.39 is 18.5 Å². The maximum absolute atomic E-state index is 12.2. The molecule has 0 aromatic heterocycles. The third kappa shape index (κ3) is 5.67. The Kier molecular flexibility index (Phi) is 7.55. The Balaban J connectivity index is 1.87. The standard InChI is InChI=1S/C21H23NO5/c1-3-15-9-7-10-16(4-2)21(15)22-19(24)13-27-20(25)14-26-18-11-6-5-8-17(18)12-23/h5-12H,3-4,13-14H2,1-2H3,(H,22,24). The highest BCUT2D eigenvalue weighted by atomic mass is 16.6.